The molecule has 4 nitrogen and oxygen atoms in total. The second kappa shape index (κ2) is 6.43. The minimum absolute atomic E-state index is 0.0790. The molecule has 0 saturated carbocycles. The first-order valence-electron chi connectivity index (χ1n) is 5.91. The summed E-state index contributed by atoms with van der Waals surface area (Å²) in [6.45, 7) is 3.75. The van der Waals surface area contributed by atoms with Gasteiger partial charge in [-0.15, -0.1) is 0 Å². The number of likely N-dealkylation sites (tertiary alicyclic amines) is 1. The second-order valence-electron chi connectivity index (χ2n) is 4.34. The Bertz CT molecular complexity index is 177. The quantitative estimate of drug-likeness (QED) is 0.566. The van der Waals surface area contributed by atoms with Gasteiger partial charge in [-0.05, 0) is 19.4 Å². The summed E-state index contributed by atoms with van der Waals surface area (Å²) in [4.78, 5) is 2.09. The third-order valence-corrected chi connectivity index (χ3v) is 3.21. The van der Waals surface area contributed by atoms with Crippen LogP contribution >= 0.6 is 0 Å². The van der Waals surface area contributed by atoms with Crippen LogP contribution in [0.4, 0.5) is 0 Å². The molecule has 0 aromatic carbocycles. The van der Waals surface area contributed by atoms with Crippen molar-refractivity contribution < 1.29 is 15.3 Å². The Morgan fingerprint density at radius 1 is 1.27 bits per heavy atom. The SMILES string of the molecule is CCCCCN1CCC(O)C(O)C1CO. The molecule has 0 bridgehead atoms. The molecule has 3 atom stereocenters. The van der Waals surface area contributed by atoms with Gasteiger partial charge < -0.3 is 15.3 Å². The van der Waals surface area contributed by atoms with E-state index >= 15 is 0 Å². The number of aliphatic hydroxyl groups is 3. The Kier molecular flexibility index (Phi) is 5.53. The van der Waals surface area contributed by atoms with Crippen molar-refractivity contribution in [3.05, 3.63) is 0 Å². The number of nitrogens with zero attached hydrogens (tertiary/aromatic N) is 1. The molecule has 3 N–H and O–H groups in total. The second-order valence-corrected chi connectivity index (χ2v) is 4.34. The van der Waals surface area contributed by atoms with Gasteiger partial charge in [-0.1, -0.05) is 19.8 Å². The first-order chi connectivity index (χ1) is 7.20. The van der Waals surface area contributed by atoms with E-state index in [2.05, 4.69) is 11.8 Å². The van der Waals surface area contributed by atoms with Crippen LogP contribution in [0.5, 0.6) is 0 Å². The molecular weight excluding hydrogens is 194 g/mol. The maximum Gasteiger partial charge on any atom is 0.0976 e. The van der Waals surface area contributed by atoms with Crippen LogP contribution in [0, 0.1) is 0 Å². The smallest absolute Gasteiger partial charge is 0.0976 e. The van der Waals surface area contributed by atoms with Crippen LogP contribution in [-0.2, 0) is 0 Å². The van der Waals surface area contributed by atoms with E-state index in [4.69, 9.17) is 0 Å². The minimum Gasteiger partial charge on any atom is -0.395 e. The number of rotatable bonds is 5. The van der Waals surface area contributed by atoms with E-state index in [1.807, 2.05) is 0 Å². The molecule has 1 aliphatic rings. The molecule has 1 saturated heterocycles. The number of hydrogen-bond donors (Lipinski definition) is 3. The third-order valence-electron chi connectivity index (χ3n) is 3.21. The highest BCUT2D eigenvalue weighted by Crippen LogP contribution is 2.18. The van der Waals surface area contributed by atoms with Crippen molar-refractivity contribution in [2.24, 2.45) is 0 Å². The molecule has 0 spiro atoms. The van der Waals surface area contributed by atoms with Crippen molar-refractivity contribution in [1.82, 2.24) is 4.90 Å². The van der Waals surface area contributed by atoms with Crippen molar-refractivity contribution in [1.29, 1.82) is 0 Å². The number of unbranched alkanes of at least 4 members (excludes halogenated alkanes) is 2. The van der Waals surface area contributed by atoms with Gasteiger partial charge in [0.2, 0.25) is 0 Å². The van der Waals surface area contributed by atoms with Gasteiger partial charge in [0.15, 0.2) is 0 Å². The molecule has 1 heterocycles. The fourth-order valence-corrected chi connectivity index (χ4v) is 2.17. The lowest BCUT2D eigenvalue weighted by atomic mass is 9.96. The van der Waals surface area contributed by atoms with E-state index < -0.39 is 12.2 Å². The lowest BCUT2D eigenvalue weighted by molar-refractivity contribution is -0.0896. The number of piperidine rings is 1. The summed E-state index contributed by atoms with van der Waals surface area (Å²) >= 11 is 0. The van der Waals surface area contributed by atoms with E-state index in [1.54, 1.807) is 0 Å². The topological polar surface area (TPSA) is 63.9 Å². The Hall–Kier alpha value is -0.160. The Morgan fingerprint density at radius 2 is 2.00 bits per heavy atom. The Balaban J connectivity index is 2.41. The third kappa shape index (κ3) is 3.41. The van der Waals surface area contributed by atoms with Crippen LogP contribution in [0.3, 0.4) is 0 Å². The van der Waals surface area contributed by atoms with Gasteiger partial charge in [0.05, 0.1) is 24.9 Å². The van der Waals surface area contributed by atoms with E-state index in [1.165, 1.54) is 12.8 Å². The van der Waals surface area contributed by atoms with Crippen molar-refractivity contribution in [2.75, 3.05) is 19.7 Å². The largest absolute Gasteiger partial charge is 0.395 e. The fraction of sp³-hybridized carbons (Fsp3) is 1.00. The fourth-order valence-electron chi connectivity index (χ4n) is 2.17. The lowest BCUT2D eigenvalue weighted by Crippen LogP contribution is -2.56. The molecule has 90 valence electrons. The first kappa shape index (κ1) is 12.9. The van der Waals surface area contributed by atoms with Gasteiger partial charge in [-0.3, -0.25) is 4.90 Å². The Labute approximate surface area is 91.5 Å². The van der Waals surface area contributed by atoms with Gasteiger partial charge in [0.25, 0.3) is 0 Å². The molecule has 0 amide bonds. The van der Waals surface area contributed by atoms with Crippen LogP contribution in [-0.4, -0.2) is 58.2 Å². The zero-order valence-corrected chi connectivity index (χ0v) is 9.47. The molecular formula is C11H23NO3. The van der Waals surface area contributed by atoms with E-state index in [0.717, 1.165) is 19.5 Å². The summed E-state index contributed by atoms with van der Waals surface area (Å²) in [5.41, 5.74) is 0. The molecule has 1 aliphatic heterocycles. The standard InChI is InChI=1S/C11H23NO3/c1-2-3-4-6-12-7-5-10(14)11(15)9(12)8-13/h9-11,13-15H,2-8H2,1H3. The van der Waals surface area contributed by atoms with Crippen LogP contribution in [0.25, 0.3) is 0 Å². The van der Waals surface area contributed by atoms with E-state index in [-0.39, 0.29) is 12.6 Å². The normalized spacial score (nSPS) is 33.2. The van der Waals surface area contributed by atoms with Gasteiger partial charge in [-0.25, -0.2) is 0 Å². The van der Waals surface area contributed by atoms with Gasteiger partial charge in [0, 0.05) is 6.54 Å². The molecule has 0 aliphatic carbocycles. The molecule has 0 aromatic rings. The number of aliphatic hydroxyl groups excluding tert-OH is 3. The van der Waals surface area contributed by atoms with Crippen LogP contribution in [0.1, 0.15) is 32.6 Å². The predicted molar refractivity (Wildman–Crippen MR) is 58.6 cm³/mol. The molecule has 1 rings (SSSR count). The van der Waals surface area contributed by atoms with Crippen LogP contribution in [0.15, 0.2) is 0 Å². The highest BCUT2D eigenvalue weighted by Gasteiger charge is 2.34. The maximum atomic E-state index is 9.71. The summed E-state index contributed by atoms with van der Waals surface area (Å²) in [5, 5.41) is 28.4. The minimum atomic E-state index is -0.801. The summed E-state index contributed by atoms with van der Waals surface area (Å²) in [5.74, 6) is 0. The van der Waals surface area contributed by atoms with Crippen molar-refractivity contribution in [3.8, 4) is 0 Å². The Morgan fingerprint density at radius 3 is 2.60 bits per heavy atom. The highest BCUT2D eigenvalue weighted by atomic mass is 16.3. The molecule has 0 radical (unpaired) electrons. The van der Waals surface area contributed by atoms with Crippen molar-refractivity contribution in [2.45, 2.75) is 50.9 Å². The first-order valence-corrected chi connectivity index (χ1v) is 5.91. The average Bonchev–Trinajstić information content (AvgIpc) is 2.24. The average molecular weight is 217 g/mol. The summed E-state index contributed by atoms with van der Waals surface area (Å²) in [6.07, 6.45) is 2.56. The van der Waals surface area contributed by atoms with Crippen LogP contribution in [0.2, 0.25) is 0 Å². The zero-order valence-electron chi connectivity index (χ0n) is 9.47. The highest BCUT2D eigenvalue weighted by molar-refractivity contribution is 4.88. The van der Waals surface area contributed by atoms with E-state index in [0.29, 0.717) is 6.42 Å². The number of hydrogen-bond acceptors (Lipinski definition) is 4. The molecule has 15 heavy (non-hydrogen) atoms. The lowest BCUT2D eigenvalue weighted by Gasteiger charge is -2.40. The monoisotopic (exact) mass is 217 g/mol. The molecule has 4 heteroatoms. The predicted octanol–water partition coefficient (Wildman–Crippen LogP) is -0.0350. The van der Waals surface area contributed by atoms with Gasteiger partial charge >= 0.3 is 0 Å². The van der Waals surface area contributed by atoms with E-state index in [9.17, 15) is 15.3 Å². The summed E-state index contributed by atoms with van der Waals surface area (Å²) < 4.78 is 0. The summed E-state index contributed by atoms with van der Waals surface area (Å²) in [7, 11) is 0. The zero-order chi connectivity index (χ0) is 11.3. The van der Waals surface area contributed by atoms with Crippen LogP contribution < -0.4 is 0 Å². The van der Waals surface area contributed by atoms with Crippen molar-refractivity contribution in [3.63, 3.8) is 0 Å². The van der Waals surface area contributed by atoms with Gasteiger partial charge in [-0.2, -0.15) is 0 Å². The maximum absolute atomic E-state index is 9.71. The van der Waals surface area contributed by atoms with Gasteiger partial charge in [0.1, 0.15) is 0 Å². The molecule has 3 unspecified atom stereocenters. The molecule has 0 aromatic heterocycles. The summed E-state index contributed by atoms with van der Waals surface area (Å²) in [6, 6.07) is -0.286. The van der Waals surface area contributed by atoms with Crippen molar-refractivity contribution >= 4 is 0 Å². The molecule has 1 fully saturated rings.